The van der Waals surface area contributed by atoms with Gasteiger partial charge in [0.25, 0.3) is 5.91 Å². The van der Waals surface area contributed by atoms with Gasteiger partial charge in [0.2, 0.25) is 5.91 Å². The minimum absolute atomic E-state index is 0.0329. The standard InChI is InChI=1S/C11H19N5O2/c1-4-16(5-2)9(17)7-15(3)11(18)8-6-13-14-10(8)12/h6H,4-5,7H2,1-3H3,(H3,12,13,14). The van der Waals surface area contributed by atoms with E-state index in [0.29, 0.717) is 13.1 Å². The molecule has 3 N–H and O–H groups in total. The number of nitrogens with one attached hydrogen (secondary N) is 1. The first-order valence-electron chi connectivity index (χ1n) is 5.83. The third kappa shape index (κ3) is 2.99. The van der Waals surface area contributed by atoms with E-state index in [-0.39, 0.29) is 29.7 Å². The maximum absolute atomic E-state index is 12.0. The van der Waals surface area contributed by atoms with Gasteiger partial charge in [0.15, 0.2) is 0 Å². The van der Waals surface area contributed by atoms with Gasteiger partial charge in [0.1, 0.15) is 11.4 Å². The van der Waals surface area contributed by atoms with Gasteiger partial charge >= 0.3 is 0 Å². The topological polar surface area (TPSA) is 95.3 Å². The number of carbonyl (C=O) groups excluding carboxylic acids is 2. The van der Waals surface area contributed by atoms with Crippen LogP contribution in [-0.2, 0) is 4.79 Å². The molecule has 1 rings (SSSR count). The van der Waals surface area contributed by atoms with E-state index in [1.54, 1.807) is 11.9 Å². The van der Waals surface area contributed by atoms with Gasteiger partial charge in [-0.2, -0.15) is 5.10 Å². The van der Waals surface area contributed by atoms with E-state index >= 15 is 0 Å². The molecule has 0 aliphatic carbocycles. The Morgan fingerprint density at radius 1 is 1.39 bits per heavy atom. The minimum Gasteiger partial charge on any atom is -0.383 e. The van der Waals surface area contributed by atoms with E-state index in [1.165, 1.54) is 11.1 Å². The second kappa shape index (κ2) is 6.04. The number of hydrogen-bond acceptors (Lipinski definition) is 4. The van der Waals surface area contributed by atoms with Crippen molar-refractivity contribution in [2.24, 2.45) is 0 Å². The lowest BCUT2D eigenvalue weighted by Crippen LogP contribution is -2.41. The molecule has 0 atom stereocenters. The first-order valence-corrected chi connectivity index (χ1v) is 5.83. The number of likely N-dealkylation sites (N-methyl/N-ethyl adjacent to an activating group) is 2. The molecular weight excluding hydrogens is 234 g/mol. The van der Waals surface area contributed by atoms with Crippen molar-refractivity contribution in [2.75, 3.05) is 32.4 Å². The highest BCUT2D eigenvalue weighted by atomic mass is 16.2. The molecule has 0 saturated heterocycles. The lowest BCUT2D eigenvalue weighted by atomic mass is 10.3. The molecule has 2 amide bonds. The molecule has 1 aromatic rings. The van der Waals surface area contributed by atoms with Crippen molar-refractivity contribution in [1.82, 2.24) is 20.0 Å². The summed E-state index contributed by atoms with van der Waals surface area (Å²) in [6, 6.07) is 0. The highest BCUT2D eigenvalue weighted by Gasteiger charge is 2.20. The number of aromatic amines is 1. The maximum Gasteiger partial charge on any atom is 0.259 e. The summed E-state index contributed by atoms with van der Waals surface area (Å²) >= 11 is 0. The maximum atomic E-state index is 12.0. The van der Waals surface area contributed by atoms with Gasteiger partial charge in [-0.25, -0.2) is 0 Å². The van der Waals surface area contributed by atoms with Crippen LogP contribution >= 0.6 is 0 Å². The zero-order valence-electron chi connectivity index (χ0n) is 10.9. The van der Waals surface area contributed by atoms with Crippen molar-refractivity contribution in [3.63, 3.8) is 0 Å². The van der Waals surface area contributed by atoms with Crippen LogP contribution in [0, 0.1) is 0 Å². The smallest absolute Gasteiger partial charge is 0.259 e. The van der Waals surface area contributed by atoms with Gasteiger partial charge in [-0.1, -0.05) is 0 Å². The van der Waals surface area contributed by atoms with E-state index in [0.717, 1.165) is 0 Å². The lowest BCUT2D eigenvalue weighted by Gasteiger charge is -2.23. The van der Waals surface area contributed by atoms with Crippen molar-refractivity contribution >= 4 is 17.6 Å². The molecular formula is C11H19N5O2. The SMILES string of the molecule is CCN(CC)C(=O)CN(C)C(=O)c1cn[nH]c1N. The third-order valence-corrected chi connectivity index (χ3v) is 2.73. The van der Waals surface area contributed by atoms with E-state index in [4.69, 9.17) is 5.73 Å². The number of rotatable bonds is 5. The lowest BCUT2D eigenvalue weighted by molar-refractivity contribution is -0.131. The molecule has 0 aromatic carbocycles. The van der Waals surface area contributed by atoms with Gasteiger partial charge in [-0.3, -0.25) is 14.7 Å². The highest BCUT2D eigenvalue weighted by Crippen LogP contribution is 2.09. The second-order valence-corrected chi connectivity index (χ2v) is 3.92. The fourth-order valence-electron chi connectivity index (χ4n) is 1.62. The van der Waals surface area contributed by atoms with Crippen molar-refractivity contribution in [3.05, 3.63) is 11.8 Å². The molecule has 0 spiro atoms. The summed E-state index contributed by atoms with van der Waals surface area (Å²) in [5.41, 5.74) is 5.84. The number of nitrogens with two attached hydrogens (primary N) is 1. The molecule has 1 aromatic heterocycles. The van der Waals surface area contributed by atoms with E-state index < -0.39 is 0 Å². The average Bonchev–Trinajstić information content (AvgIpc) is 2.76. The fraction of sp³-hybridized carbons (Fsp3) is 0.545. The monoisotopic (exact) mass is 253 g/mol. The molecule has 18 heavy (non-hydrogen) atoms. The quantitative estimate of drug-likeness (QED) is 0.768. The van der Waals surface area contributed by atoms with Gasteiger partial charge in [-0.05, 0) is 13.8 Å². The number of H-pyrrole nitrogens is 1. The first kappa shape index (κ1) is 14.0. The Kier molecular flexibility index (Phi) is 4.70. The predicted octanol–water partition coefficient (Wildman–Crippen LogP) is -0.0677. The second-order valence-electron chi connectivity index (χ2n) is 3.92. The molecule has 0 saturated carbocycles. The van der Waals surface area contributed by atoms with Crippen LogP contribution in [0.15, 0.2) is 6.20 Å². The third-order valence-electron chi connectivity index (χ3n) is 2.73. The van der Waals surface area contributed by atoms with Crippen molar-refractivity contribution in [1.29, 1.82) is 0 Å². The summed E-state index contributed by atoms with van der Waals surface area (Å²) in [7, 11) is 1.57. The highest BCUT2D eigenvalue weighted by molar-refractivity contribution is 5.99. The summed E-state index contributed by atoms with van der Waals surface area (Å²) in [5, 5.41) is 6.17. The zero-order valence-corrected chi connectivity index (χ0v) is 10.9. The minimum atomic E-state index is -0.318. The zero-order chi connectivity index (χ0) is 13.7. The molecule has 100 valence electrons. The fourth-order valence-corrected chi connectivity index (χ4v) is 1.62. The predicted molar refractivity (Wildman–Crippen MR) is 67.9 cm³/mol. The Morgan fingerprint density at radius 3 is 2.44 bits per heavy atom. The van der Waals surface area contributed by atoms with Crippen LogP contribution in [0.25, 0.3) is 0 Å². The number of anilines is 1. The molecule has 0 radical (unpaired) electrons. The van der Waals surface area contributed by atoms with Crippen LogP contribution in [0.1, 0.15) is 24.2 Å². The van der Waals surface area contributed by atoms with E-state index in [1.807, 2.05) is 13.8 Å². The van der Waals surface area contributed by atoms with E-state index in [9.17, 15) is 9.59 Å². The number of aromatic nitrogens is 2. The molecule has 7 nitrogen and oxygen atoms in total. The van der Waals surface area contributed by atoms with Crippen LogP contribution in [0.5, 0.6) is 0 Å². The van der Waals surface area contributed by atoms with Crippen LogP contribution in [-0.4, -0.2) is 58.5 Å². The summed E-state index contributed by atoms with van der Waals surface area (Å²) in [6.07, 6.45) is 1.36. The van der Waals surface area contributed by atoms with Crippen LogP contribution < -0.4 is 5.73 Å². The van der Waals surface area contributed by atoms with E-state index in [2.05, 4.69) is 10.2 Å². The molecule has 0 unspecified atom stereocenters. The Labute approximate surface area is 106 Å². The Balaban J connectivity index is 2.66. The summed E-state index contributed by atoms with van der Waals surface area (Å²) in [6.45, 7) is 5.09. The Morgan fingerprint density at radius 2 is 2.00 bits per heavy atom. The van der Waals surface area contributed by atoms with Gasteiger partial charge in [0, 0.05) is 20.1 Å². The molecule has 0 aliphatic rings. The molecule has 0 bridgehead atoms. The largest absolute Gasteiger partial charge is 0.383 e. The van der Waals surface area contributed by atoms with Crippen molar-refractivity contribution < 1.29 is 9.59 Å². The number of nitrogens with zero attached hydrogens (tertiary/aromatic N) is 3. The number of hydrogen-bond donors (Lipinski definition) is 2. The van der Waals surface area contributed by atoms with Crippen molar-refractivity contribution in [3.8, 4) is 0 Å². The molecule has 1 heterocycles. The van der Waals surface area contributed by atoms with Crippen LogP contribution in [0.3, 0.4) is 0 Å². The number of nitrogen functional groups attached to an aromatic ring is 1. The summed E-state index contributed by atoms with van der Waals surface area (Å²) in [5.74, 6) is -0.193. The van der Waals surface area contributed by atoms with Crippen LogP contribution in [0.2, 0.25) is 0 Å². The molecule has 0 fully saturated rings. The molecule has 7 heteroatoms. The summed E-state index contributed by atoms with van der Waals surface area (Å²) < 4.78 is 0. The van der Waals surface area contributed by atoms with Gasteiger partial charge < -0.3 is 15.5 Å². The van der Waals surface area contributed by atoms with Crippen LogP contribution in [0.4, 0.5) is 5.82 Å². The van der Waals surface area contributed by atoms with Gasteiger partial charge in [-0.15, -0.1) is 0 Å². The first-order chi connectivity index (χ1) is 8.51. The Hall–Kier alpha value is -2.05. The van der Waals surface area contributed by atoms with Crippen molar-refractivity contribution in [2.45, 2.75) is 13.8 Å². The van der Waals surface area contributed by atoms with Gasteiger partial charge in [0.05, 0.1) is 12.7 Å². The normalized spacial score (nSPS) is 10.2. The number of carbonyl (C=O) groups is 2. The summed E-state index contributed by atoms with van der Waals surface area (Å²) in [4.78, 5) is 26.8. The number of amides is 2. The molecule has 0 aliphatic heterocycles. The average molecular weight is 253 g/mol. The Bertz CT molecular complexity index is 425.